The summed E-state index contributed by atoms with van der Waals surface area (Å²) in [6.07, 6.45) is 3.86. The van der Waals surface area contributed by atoms with Crippen molar-refractivity contribution in [2.45, 2.75) is 18.0 Å². The zero-order valence-corrected chi connectivity index (χ0v) is 23.9. The SMILES string of the molecule is COc1cccc(C(=O)[C@@H]2[C@@H](c3ccc(OC)c(OC)c3)C3(C(=O)c4ccccc4C3=O)[C@@H]3C=Cc4ccccc4N23)c1. The van der Waals surface area contributed by atoms with Gasteiger partial charge in [0.2, 0.25) is 0 Å². The third-order valence-electron chi connectivity index (χ3n) is 9.10. The van der Waals surface area contributed by atoms with E-state index in [1.54, 1.807) is 74.9 Å². The van der Waals surface area contributed by atoms with Crippen LogP contribution in [-0.2, 0) is 0 Å². The van der Waals surface area contributed by atoms with E-state index in [-0.39, 0.29) is 17.3 Å². The molecular weight excluding hydrogens is 542 g/mol. The lowest BCUT2D eigenvalue weighted by Crippen LogP contribution is -2.48. The van der Waals surface area contributed by atoms with Crippen molar-refractivity contribution in [2.24, 2.45) is 5.41 Å². The van der Waals surface area contributed by atoms with E-state index in [1.807, 2.05) is 47.4 Å². The van der Waals surface area contributed by atoms with Crippen LogP contribution in [0.3, 0.4) is 0 Å². The van der Waals surface area contributed by atoms with Crippen molar-refractivity contribution in [2.75, 3.05) is 26.2 Å². The quantitative estimate of drug-likeness (QED) is 0.207. The van der Waals surface area contributed by atoms with Crippen molar-refractivity contribution in [3.05, 3.63) is 125 Å². The van der Waals surface area contributed by atoms with E-state index in [2.05, 4.69) is 0 Å². The molecule has 7 rings (SSSR count). The van der Waals surface area contributed by atoms with Gasteiger partial charge in [-0.1, -0.05) is 72.8 Å². The van der Waals surface area contributed by atoms with Crippen LogP contribution in [0.25, 0.3) is 6.08 Å². The van der Waals surface area contributed by atoms with Crippen molar-refractivity contribution in [1.29, 1.82) is 0 Å². The Kier molecular flexibility index (Phi) is 6.20. The molecule has 3 aliphatic rings. The largest absolute Gasteiger partial charge is 0.497 e. The van der Waals surface area contributed by atoms with Crippen LogP contribution in [-0.4, -0.2) is 50.8 Å². The summed E-state index contributed by atoms with van der Waals surface area (Å²) in [4.78, 5) is 46.4. The molecule has 0 radical (unpaired) electrons. The minimum atomic E-state index is -1.60. The van der Waals surface area contributed by atoms with Crippen molar-refractivity contribution in [1.82, 2.24) is 0 Å². The van der Waals surface area contributed by atoms with Crippen LogP contribution in [0, 0.1) is 5.41 Å². The molecule has 2 heterocycles. The highest BCUT2D eigenvalue weighted by Crippen LogP contribution is 2.61. The molecule has 4 aromatic carbocycles. The first kappa shape index (κ1) is 26.7. The van der Waals surface area contributed by atoms with Gasteiger partial charge in [-0.25, -0.2) is 0 Å². The second kappa shape index (κ2) is 9.98. The lowest BCUT2D eigenvalue weighted by Gasteiger charge is -2.37. The molecule has 0 bridgehead atoms. The number of anilines is 1. The second-order valence-corrected chi connectivity index (χ2v) is 11.0. The fourth-order valence-corrected chi connectivity index (χ4v) is 7.28. The Bertz CT molecular complexity index is 1810. The number of ketones is 3. The van der Waals surface area contributed by atoms with E-state index in [9.17, 15) is 14.4 Å². The number of nitrogens with zero attached hydrogens (tertiary/aromatic N) is 1. The summed E-state index contributed by atoms with van der Waals surface area (Å²) < 4.78 is 16.6. The summed E-state index contributed by atoms with van der Waals surface area (Å²) >= 11 is 0. The zero-order chi connectivity index (χ0) is 29.9. The van der Waals surface area contributed by atoms with Crippen molar-refractivity contribution < 1.29 is 28.6 Å². The molecule has 0 amide bonds. The summed E-state index contributed by atoms with van der Waals surface area (Å²) in [5.41, 5.74) is 1.89. The van der Waals surface area contributed by atoms with E-state index < -0.39 is 23.4 Å². The first-order chi connectivity index (χ1) is 20.9. The number of hydrogen-bond donors (Lipinski definition) is 0. The van der Waals surface area contributed by atoms with Crippen LogP contribution in [0.2, 0.25) is 0 Å². The third kappa shape index (κ3) is 3.64. The van der Waals surface area contributed by atoms with Gasteiger partial charge in [-0.3, -0.25) is 14.4 Å². The lowest BCUT2D eigenvalue weighted by molar-refractivity contribution is 0.0665. The zero-order valence-electron chi connectivity index (χ0n) is 23.9. The number of methoxy groups -OCH3 is 3. The predicted octanol–water partition coefficient (Wildman–Crippen LogP) is 6.03. The van der Waals surface area contributed by atoms with Crippen LogP contribution in [0.1, 0.15) is 48.1 Å². The first-order valence-electron chi connectivity index (χ1n) is 14.1. The molecule has 7 nitrogen and oxygen atoms in total. The number of para-hydroxylation sites is 1. The number of benzene rings is 4. The highest BCUT2D eigenvalue weighted by Gasteiger charge is 2.71. The molecule has 214 valence electrons. The second-order valence-electron chi connectivity index (χ2n) is 11.0. The molecule has 0 unspecified atom stereocenters. The summed E-state index contributed by atoms with van der Waals surface area (Å²) in [6.45, 7) is 0. The Hall–Kier alpha value is -5.17. The van der Waals surface area contributed by atoms with Crippen LogP contribution >= 0.6 is 0 Å². The van der Waals surface area contributed by atoms with Gasteiger partial charge in [0.25, 0.3) is 0 Å². The Balaban J connectivity index is 1.55. The standard InChI is InChI=1S/C36H29NO6/c1-41-24-11-8-10-23(19-24)33(38)32-31(22-15-17-28(42-2)29(20-22)43-3)36(34(39)25-12-5-6-13-26(25)35(36)40)30-18-16-21-9-4-7-14-27(21)37(30)32/h4-20,30-32H,1-3H3/t30-,31+,32-/m0/s1. The summed E-state index contributed by atoms with van der Waals surface area (Å²) in [5.74, 6) is -0.164. The molecule has 1 fully saturated rings. The number of hydrogen-bond acceptors (Lipinski definition) is 7. The van der Waals surface area contributed by atoms with Crippen LogP contribution in [0.15, 0.2) is 97.1 Å². The van der Waals surface area contributed by atoms with E-state index in [4.69, 9.17) is 14.2 Å². The van der Waals surface area contributed by atoms with Gasteiger partial charge in [0.05, 0.1) is 27.4 Å². The van der Waals surface area contributed by atoms with Crippen LogP contribution in [0.5, 0.6) is 17.2 Å². The average molecular weight is 572 g/mol. The summed E-state index contributed by atoms with van der Waals surface area (Å²) in [7, 11) is 4.64. The number of rotatable bonds is 6. The maximum atomic E-state index is 14.9. The molecule has 0 saturated carbocycles. The summed E-state index contributed by atoms with van der Waals surface area (Å²) in [5, 5.41) is 0. The smallest absolute Gasteiger partial charge is 0.186 e. The monoisotopic (exact) mass is 571 g/mol. The number of fused-ring (bicyclic) bond motifs is 5. The van der Waals surface area contributed by atoms with Gasteiger partial charge in [-0.15, -0.1) is 0 Å². The highest BCUT2D eigenvalue weighted by molar-refractivity contribution is 6.32. The van der Waals surface area contributed by atoms with Gasteiger partial charge in [0, 0.05) is 28.3 Å². The average Bonchev–Trinajstić information content (AvgIpc) is 3.50. The van der Waals surface area contributed by atoms with Crippen molar-refractivity contribution >= 4 is 29.1 Å². The van der Waals surface area contributed by atoms with Gasteiger partial charge in [-0.05, 0) is 41.5 Å². The number of Topliss-reactive ketones (excluding diaryl/α,β-unsaturated/α-hetero) is 3. The third-order valence-corrected chi connectivity index (χ3v) is 9.10. The molecule has 43 heavy (non-hydrogen) atoms. The number of carbonyl (C=O) groups is 3. The van der Waals surface area contributed by atoms with Crippen LogP contribution in [0.4, 0.5) is 5.69 Å². The number of carbonyl (C=O) groups excluding carboxylic acids is 3. The fourth-order valence-electron chi connectivity index (χ4n) is 7.28. The molecule has 1 spiro atoms. The predicted molar refractivity (Wildman–Crippen MR) is 163 cm³/mol. The topological polar surface area (TPSA) is 82.1 Å². The number of ether oxygens (including phenoxy) is 3. The maximum absolute atomic E-state index is 14.9. The normalized spacial score (nSPS) is 20.9. The maximum Gasteiger partial charge on any atom is 0.186 e. The Morgan fingerprint density at radius 1 is 0.744 bits per heavy atom. The minimum absolute atomic E-state index is 0.220. The Morgan fingerprint density at radius 3 is 2.14 bits per heavy atom. The first-order valence-corrected chi connectivity index (χ1v) is 14.1. The molecule has 1 aliphatic carbocycles. The molecule has 7 heteroatoms. The molecule has 0 N–H and O–H groups in total. The van der Waals surface area contributed by atoms with Gasteiger partial charge in [0.15, 0.2) is 28.8 Å². The molecular formula is C36H29NO6. The molecule has 1 saturated heterocycles. The molecule has 0 aromatic heterocycles. The van der Waals surface area contributed by atoms with Gasteiger partial charge < -0.3 is 19.1 Å². The highest BCUT2D eigenvalue weighted by atomic mass is 16.5. The van der Waals surface area contributed by atoms with E-state index in [0.29, 0.717) is 39.5 Å². The van der Waals surface area contributed by atoms with Gasteiger partial charge in [0.1, 0.15) is 17.2 Å². The minimum Gasteiger partial charge on any atom is -0.497 e. The van der Waals surface area contributed by atoms with Gasteiger partial charge in [-0.2, -0.15) is 0 Å². The van der Waals surface area contributed by atoms with Crippen molar-refractivity contribution in [3.63, 3.8) is 0 Å². The van der Waals surface area contributed by atoms with Crippen LogP contribution < -0.4 is 19.1 Å². The molecule has 3 atom stereocenters. The van der Waals surface area contributed by atoms with Gasteiger partial charge >= 0.3 is 0 Å². The Labute approximate surface area is 249 Å². The van der Waals surface area contributed by atoms with E-state index in [0.717, 1.165) is 11.3 Å². The van der Waals surface area contributed by atoms with E-state index >= 15 is 0 Å². The molecule has 2 aliphatic heterocycles. The Morgan fingerprint density at radius 2 is 1.44 bits per heavy atom. The fraction of sp³-hybridized carbons (Fsp3) is 0.194. The summed E-state index contributed by atoms with van der Waals surface area (Å²) in [6, 6.07) is 25.4. The van der Waals surface area contributed by atoms with E-state index in [1.165, 1.54) is 7.11 Å². The lowest BCUT2D eigenvalue weighted by atomic mass is 9.64. The molecule has 4 aromatic rings. The van der Waals surface area contributed by atoms with Crippen molar-refractivity contribution in [3.8, 4) is 17.2 Å².